The highest BCUT2D eigenvalue weighted by Crippen LogP contribution is 2.11. The number of nitrogens with zero attached hydrogens (tertiary/aromatic N) is 2. The van der Waals surface area contributed by atoms with Crippen LogP contribution in [0.3, 0.4) is 0 Å². The van der Waals surface area contributed by atoms with E-state index in [4.69, 9.17) is 9.84 Å². The van der Waals surface area contributed by atoms with Gasteiger partial charge in [0.25, 0.3) is 0 Å². The van der Waals surface area contributed by atoms with Gasteiger partial charge in [-0.25, -0.2) is 9.59 Å². The highest BCUT2D eigenvalue weighted by Gasteiger charge is 2.23. The van der Waals surface area contributed by atoms with Crippen molar-refractivity contribution in [3.63, 3.8) is 0 Å². The third-order valence-electron chi connectivity index (χ3n) is 2.53. The van der Waals surface area contributed by atoms with Gasteiger partial charge in [0, 0.05) is 25.4 Å². The van der Waals surface area contributed by atoms with E-state index >= 15 is 0 Å². The Hall–Kier alpha value is -2.09. The maximum atomic E-state index is 11.7. The van der Waals surface area contributed by atoms with Crippen LogP contribution >= 0.6 is 0 Å². The first-order valence-electron chi connectivity index (χ1n) is 6.30. The van der Waals surface area contributed by atoms with Gasteiger partial charge in [0.1, 0.15) is 0 Å². The minimum Gasteiger partial charge on any atom is -0.479 e. The fourth-order valence-corrected chi connectivity index (χ4v) is 1.61. The maximum absolute atomic E-state index is 11.7. The summed E-state index contributed by atoms with van der Waals surface area (Å²) >= 11 is 0. The third-order valence-corrected chi connectivity index (χ3v) is 2.53. The molecule has 0 spiro atoms. The normalized spacial score (nSPS) is 13.6. The number of aliphatic carboxylic acids is 1. The fraction of sp³-hybridized carbons (Fsp3) is 0.583. The highest BCUT2D eigenvalue weighted by atomic mass is 16.5. The SMILES string of the molecule is CCOCC(C)NC(=O)NC(C(=O)O)c1cnn(C)c1. The number of carbonyl (C=O) groups is 2. The molecule has 8 heteroatoms. The van der Waals surface area contributed by atoms with Gasteiger partial charge in [-0.05, 0) is 13.8 Å². The molecule has 0 aromatic carbocycles. The van der Waals surface area contributed by atoms with Gasteiger partial charge in [0.15, 0.2) is 6.04 Å². The Labute approximate surface area is 117 Å². The van der Waals surface area contributed by atoms with Crippen molar-refractivity contribution in [2.24, 2.45) is 7.05 Å². The zero-order valence-electron chi connectivity index (χ0n) is 11.8. The smallest absolute Gasteiger partial charge is 0.331 e. The predicted octanol–water partition coefficient (Wildman–Crippen LogP) is 0.270. The summed E-state index contributed by atoms with van der Waals surface area (Å²) < 4.78 is 6.64. The van der Waals surface area contributed by atoms with E-state index in [1.807, 2.05) is 6.92 Å². The molecule has 3 N–H and O–H groups in total. The molecule has 1 heterocycles. The average molecular weight is 284 g/mol. The van der Waals surface area contributed by atoms with Gasteiger partial charge < -0.3 is 20.5 Å². The summed E-state index contributed by atoms with van der Waals surface area (Å²) in [6.45, 7) is 4.56. The van der Waals surface area contributed by atoms with Gasteiger partial charge >= 0.3 is 12.0 Å². The zero-order valence-corrected chi connectivity index (χ0v) is 11.8. The molecule has 0 aliphatic carbocycles. The fourth-order valence-electron chi connectivity index (χ4n) is 1.61. The molecular weight excluding hydrogens is 264 g/mol. The lowest BCUT2D eigenvalue weighted by Crippen LogP contribution is -2.45. The first-order chi connectivity index (χ1) is 9.43. The van der Waals surface area contributed by atoms with Crippen molar-refractivity contribution >= 4 is 12.0 Å². The molecule has 0 aliphatic heterocycles. The first kappa shape index (κ1) is 16.0. The molecule has 2 amide bonds. The average Bonchev–Trinajstić information content (AvgIpc) is 2.79. The molecule has 0 bridgehead atoms. The number of amides is 2. The van der Waals surface area contributed by atoms with Gasteiger partial charge in [0.2, 0.25) is 0 Å². The lowest BCUT2D eigenvalue weighted by atomic mass is 10.1. The summed E-state index contributed by atoms with van der Waals surface area (Å²) in [5.74, 6) is -1.15. The second kappa shape index (κ2) is 7.49. The Bertz CT molecular complexity index is 460. The van der Waals surface area contributed by atoms with Crippen LogP contribution in [0, 0.1) is 0 Å². The van der Waals surface area contributed by atoms with Gasteiger partial charge in [-0.3, -0.25) is 4.68 Å². The summed E-state index contributed by atoms with van der Waals surface area (Å²) in [5.41, 5.74) is 0.410. The summed E-state index contributed by atoms with van der Waals surface area (Å²) in [7, 11) is 1.67. The van der Waals surface area contributed by atoms with Crippen LogP contribution in [0.2, 0.25) is 0 Å². The van der Waals surface area contributed by atoms with Crippen molar-refractivity contribution in [2.75, 3.05) is 13.2 Å². The maximum Gasteiger partial charge on any atom is 0.331 e. The van der Waals surface area contributed by atoms with E-state index in [1.165, 1.54) is 10.9 Å². The number of aryl methyl sites for hydroxylation is 1. The van der Waals surface area contributed by atoms with Gasteiger partial charge in [-0.15, -0.1) is 0 Å². The minimum atomic E-state index is -1.15. The molecule has 0 aliphatic rings. The molecule has 0 radical (unpaired) electrons. The van der Waals surface area contributed by atoms with Crippen LogP contribution in [0.15, 0.2) is 12.4 Å². The van der Waals surface area contributed by atoms with E-state index < -0.39 is 18.0 Å². The Morgan fingerprint density at radius 1 is 1.50 bits per heavy atom. The highest BCUT2D eigenvalue weighted by molar-refractivity contribution is 5.83. The van der Waals surface area contributed by atoms with Gasteiger partial charge in [-0.2, -0.15) is 5.10 Å². The quantitative estimate of drug-likeness (QED) is 0.666. The van der Waals surface area contributed by atoms with Crippen LogP contribution in [0.25, 0.3) is 0 Å². The van der Waals surface area contributed by atoms with Gasteiger partial charge in [-0.1, -0.05) is 0 Å². The number of hydrogen-bond acceptors (Lipinski definition) is 4. The Morgan fingerprint density at radius 2 is 2.20 bits per heavy atom. The predicted molar refractivity (Wildman–Crippen MR) is 71.2 cm³/mol. The van der Waals surface area contributed by atoms with Crippen molar-refractivity contribution < 1.29 is 19.4 Å². The van der Waals surface area contributed by atoms with Crippen LogP contribution in [-0.4, -0.2) is 46.1 Å². The minimum absolute atomic E-state index is 0.210. The number of urea groups is 1. The molecule has 1 aromatic rings. The lowest BCUT2D eigenvalue weighted by Gasteiger charge is -2.17. The molecule has 1 aromatic heterocycles. The monoisotopic (exact) mass is 284 g/mol. The largest absolute Gasteiger partial charge is 0.479 e. The van der Waals surface area contributed by atoms with Crippen LogP contribution in [-0.2, 0) is 16.6 Å². The Balaban J connectivity index is 2.58. The molecule has 112 valence electrons. The Kier molecular flexibility index (Phi) is 5.98. The number of carboxylic acid groups (broad SMARTS) is 1. The van der Waals surface area contributed by atoms with Crippen molar-refractivity contribution in [3.05, 3.63) is 18.0 Å². The van der Waals surface area contributed by atoms with Gasteiger partial charge in [0.05, 0.1) is 18.8 Å². The summed E-state index contributed by atoms with van der Waals surface area (Å²) in [6, 6.07) is -1.91. The molecule has 8 nitrogen and oxygen atoms in total. The standard InChI is InChI=1S/C12H20N4O4/c1-4-20-7-8(2)14-12(19)15-10(11(17)18)9-5-13-16(3)6-9/h5-6,8,10H,4,7H2,1-3H3,(H,17,18)(H2,14,15,19). The zero-order chi connectivity index (χ0) is 15.1. The van der Waals surface area contributed by atoms with E-state index in [1.54, 1.807) is 20.2 Å². The second-order valence-corrected chi connectivity index (χ2v) is 4.40. The van der Waals surface area contributed by atoms with Crippen LogP contribution in [0.1, 0.15) is 25.5 Å². The molecule has 20 heavy (non-hydrogen) atoms. The van der Waals surface area contributed by atoms with E-state index in [9.17, 15) is 9.59 Å². The molecule has 0 saturated heterocycles. The second-order valence-electron chi connectivity index (χ2n) is 4.40. The van der Waals surface area contributed by atoms with Crippen molar-refractivity contribution in [3.8, 4) is 0 Å². The number of carboxylic acids is 1. The molecule has 2 atom stereocenters. The van der Waals surface area contributed by atoms with E-state index in [-0.39, 0.29) is 6.04 Å². The molecule has 0 fully saturated rings. The number of rotatable bonds is 7. The number of hydrogen-bond donors (Lipinski definition) is 3. The van der Waals surface area contributed by atoms with Crippen LogP contribution < -0.4 is 10.6 Å². The summed E-state index contributed by atoms with van der Waals surface area (Å²) in [5, 5.41) is 18.1. The summed E-state index contributed by atoms with van der Waals surface area (Å²) in [6.07, 6.45) is 2.95. The van der Waals surface area contributed by atoms with Crippen LogP contribution in [0.4, 0.5) is 4.79 Å². The topological polar surface area (TPSA) is 105 Å². The molecular formula is C12H20N4O4. The van der Waals surface area contributed by atoms with Crippen molar-refractivity contribution in [2.45, 2.75) is 25.9 Å². The van der Waals surface area contributed by atoms with Crippen molar-refractivity contribution in [1.29, 1.82) is 0 Å². The van der Waals surface area contributed by atoms with Crippen molar-refractivity contribution in [1.82, 2.24) is 20.4 Å². The number of aromatic nitrogens is 2. The lowest BCUT2D eigenvalue weighted by molar-refractivity contribution is -0.139. The number of nitrogens with one attached hydrogen (secondary N) is 2. The van der Waals surface area contributed by atoms with E-state index in [2.05, 4.69) is 15.7 Å². The molecule has 0 saturated carbocycles. The Morgan fingerprint density at radius 3 is 2.70 bits per heavy atom. The third kappa shape index (κ3) is 4.88. The first-order valence-corrected chi connectivity index (χ1v) is 6.30. The van der Waals surface area contributed by atoms with E-state index in [0.29, 0.717) is 18.8 Å². The molecule has 1 rings (SSSR count). The van der Waals surface area contributed by atoms with E-state index in [0.717, 1.165) is 0 Å². The molecule has 2 unspecified atom stereocenters. The number of carbonyl (C=O) groups excluding carboxylic acids is 1. The number of ether oxygens (including phenoxy) is 1. The van der Waals surface area contributed by atoms with Crippen LogP contribution in [0.5, 0.6) is 0 Å². The summed E-state index contributed by atoms with van der Waals surface area (Å²) in [4.78, 5) is 22.9.